The van der Waals surface area contributed by atoms with Crippen LogP contribution in [-0.4, -0.2) is 13.1 Å². The Kier molecular flexibility index (Phi) is 4.35. The molecule has 0 aliphatic heterocycles. The first-order valence-corrected chi connectivity index (χ1v) is 7.10. The maximum Gasteiger partial charge on any atom is 0.0458 e. The molecule has 0 aromatic heterocycles. The first kappa shape index (κ1) is 13.2. The Morgan fingerprint density at radius 1 is 1.24 bits per heavy atom. The lowest BCUT2D eigenvalue weighted by atomic mass is 9.78. The normalized spacial score (nSPS) is 18.5. The van der Waals surface area contributed by atoms with Crippen LogP contribution in [0.4, 0.5) is 0 Å². The third-order valence-corrected chi connectivity index (χ3v) is 4.32. The summed E-state index contributed by atoms with van der Waals surface area (Å²) in [6.45, 7) is 4.17. The summed E-state index contributed by atoms with van der Waals surface area (Å²) >= 11 is 12.3. The Balaban J connectivity index is 2.31. The number of hydrogen-bond donors (Lipinski definition) is 1. The second-order valence-corrected chi connectivity index (χ2v) is 5.74. The fourth-order valence-electron chi connectivity index (χ4n) is 2.88. The number of hydrogen-bond acceptors (Lipinski definition) is 1. The average Bonchev–Trinajstić information content (AvgIpc) is 2.76. The van der Waals surface area contributed by atoms with Crippen molar-refractivity contribution >= 4 is 23.2 Å². The lowest BCUT2D eigenvalue weighted by molar-refractivity contribution is 0.410. The van der Waals surface area contributed by atoms with Crippen LogP contribution in [0.5, 0.6) is 0 Å². The Morgan fingerprint density at radius 2 is 1.94 bits per heavy atom. The van der Waals surface area contributed by atoms with Gasteiger partial charge in [0.25, 0.3) is 0 Å². The van der Waals surface area contributed by atoms with Gasteiger partial charge in [-0.15, -0.1) is 0 Å². The van der Waals surface area contributed by atoms with E-state index in [4.69, 9.17) is 23.2 Å². The molecule has 1 N–H and O–H groups in total. The minimum absolute atomic E-state index is 0.220. The second kappa shape index (κ2) is 5.60. The molecule has 0 saturated heterocycles. The fraction of sp³-hybridized carbons (Fsp3) is 0.571. The standard InChI is InChI=1S/C14H19Cl2N/c1-2-17-10-14(7-3-4-8-14)12-6-5-11(15)9-13(12)16/h5-6,9,17H,2-4,7-8,10H2,1H3. The zero-order chi connectivity index (χ0) is 12.3. The number of nitrogens with one attached hydrogen (secondary N) is 1. The van der Waals surface area contributed by atoms with E-state index in [9.17, 15) is 0 Å². The van der Waals surface area contributed by atoms with Gasteiger partial charge in [0.15, 0.2) is 0 Å². The van der Waals surface area contributed by atoms with E-state index in [1.807, 2.05) is 12.1 Å². The Labute approximate surface area is 114 Å². The molecule has 17 heavy (non-hydrogen) atoms. The number of likely N-dealkylation sites (N-methyl/N-ethyl adjacent to an activating group) is 1. The highest BCUT2D eigenvalue weighted by atomic mass is 35.5. The van der Waals surface area contributed by atoms with Crippen molar-refractivity contribution in [2.45, 2.75) is 38.0 Å². The summed E-state index contributed by atoms with van der Waals surface area (Å²) in [5, 5.41) is 5.01. The predicted octanol–water partition coefficient (Wildman–Crippen LogP) is 4.41. The third-order valence-electron chi connectivity index (χ3n) is 3.78. The van der Waals surface area contributed by atoms with Crippen LogP contribution in [0.25, 0.3) is 0 Å². The smallest absolute Gasteiger partial charge is 0.0458 e. The van der Waals surface area contributed by atoms with E-state index in [-0.39, 0.29) is 5.41 Å². The van der Waals surface area contributed by atoms with Gasteiger partial charge in [-0.3, -0.25) is 0 Å². The summed E-state index contributed by atoms with van der Waals surface area (Å²) in [5.41, 5.74) is 1.49. The molecule has 0 bridgehead atoms. The molecule has 0 atom stereocenters. The van der Waals surface area contributed by atoms with Crippen molar-refractivity contribution in [2.24, 2.45) is 0 Å². The van der Waals surface area contributed by atoms with Gasteiger partial charge in [-0.05, 0) is 37.1 Å². The maximum absolute atomic E-state index is 6.37. The molecule has 3 heteroatoms. The van der Waals surface area contributed by atoms with Crippen LogP contribution in [-0.2, 0) is 5.41 Å². The van der Waals surface area contributed by atoms with Crippen molar-refractivity contribution in [1.82, 2.24) is 5.32 Å². The molecular formula is C14H19Cl2N. The monoisotopic (exact) mass is 271 g/mol. The quantitative estimate of drug-likeness (QED) is 0.855. The van der Waals surface area contributed by atoms with E-state index in [2.05, 4.69) is 18.3 Å². The van der Waals surface area contributed by atoms with Gasteiger partial charge in [0, 0.05) is 22.0 Å². The van der Waals surface area contributed by atoms with E-state index in [0.29, 0.717) is 0 Å². The summed E-state index contributed by atoms with van der Waals surface area (Å²) in [6, 6.07) is 5.92. The van der Waals surface area contributed by atoms with Gasteiger partial charge < -0.3 is 5.32 Å². The first-order valence-electron chi connectivity index (χ1n) is 6.34. The van der Waals surface area contributed by atoms with Gasteiger partial charge in [0.2, 0.25) is 0 Å². The Morgan fingerprint density at radius 3 is 2.53 bits per heavy atom. The molecule has 0 unspecified atom stereocenters. The lowest BCUT2D eigenvalue weighted by Crippen LogP contribution is -2.36. The number of halogens is 2. The molecule has 1 aliphatic rings. The number of rotatable bonds is 4. The molecule has 1 nitrogen and oxygen atoms in total. The molecular weight excluding hydrogens is 253 g/mol. The van der Waals surface area contributed by atoms with E-state index in [1.165, 1.54) is 31.2 Å². The zero-order valence-corrected chi connectivity index (χ0v) is 11.7. The summed E-state index contributed by atoms with van der Waals surface area (Å²) in [5.74, 6) is 0. The zero-order valence-electron chi connectivity index (χ0n) is 10.2. The van der Waals surface area contributed by atoms with Crippen LogP contribution >= 0.6 is 23.2 Å². The molecule has 0 amide bonds. The highest BCUT2D eigenvalue weighted by Crippen LogP contribution is 2.43. The lowest BCUT2D eigenvalue weighted by Gasteiger charge is -2.31. The van der Waals surface area contributed by atoms with E-state index in [1.54, 1.807) is 0 Å². The molecule has 0 radical (unpaired) electrons. The van der Waals surface area contributed by atoms with Crippen LogP contribution in [0.2, 0.25) is 10.0 Å². The van der Waals surface area contributed by atoms with Gasteiger partial charge in [-0.2, -0.15) is 0 Å². The van der Waals surface area contributed by atoms with Crippen molar-refractivity contribution < 1.29 is 0 Å². The van der Waals surface area contributed by atoms with Gasteiger partial charge in [-0.1, -0.05) is 49.0 Å². The highest BCUT2D eigenvalue weighted by Gasteiger charge is 2.36. The molecule has 0 heterocycles. The summed E-state index contributed by atoms with van der Waals surface area (Å²) in [7, 11) is 0. The van der Waals surface area contributed by atoms with Gasteiger partial charge >= 0.3 is 0 Å². The molecule has 1 aromatic carbocycles. The molecule has 1 aliphatic carbocycles. The van der Waals surface area contributed by atoms with Gasteiger partial charge in [0.05, 0.1) is 0 Å². The molecule has 1 aromatic rings. The summed E-state index contributed by atoms with van der Waals surface area (Å²) in [6.07, 6.45) is 5.04. The largest absolute Gasteiger partial charge is 0.316 e. The van der Waals surface area contributed by atoms with Crippen LogP contribution in [0.15, 0.2) is 18.2 Å². The second-order valence-electron chi connectivity index (χ2n) is 4.89. The van der Waals surface area contributed by atoms with Crippen LogP contribution in [0, 0.1) is 0 Å². The van der Waals surface area contributed by atoms with Gasteiger partial charge in [0.1, 0.15) is 0 Å². The third kappa shape index (κ3) is 2.78. The van der Waals surface area contributed by atoms with Crippen LogP contribution in [0.3, 0.4) is 0 Å². The first-order chi connectivity index (χ1) is 8.18. The van der Waals surface area contributed by atoms with E-state index in [0.717, 1.165) is 23.1 Å². The van der Waals surface area contributed by atoms with Crippen molar-refractivity contribution in [3.05, 3.63) is 33.8 Å². The average molecular weight is 272 g/mol. The van der Waals surface area contributed by atoms with Crippen molar-refractivity contribution in [1.29, 1.82) is 0 Å². The minimum Gasteiger partial charge on any atom is -0.316 e. The SMILES string of the molecule is CCNCC1(c2ccc(Cl)cc2Cl)CCCC1. The topological polar surface area (TPSA) is 12.0 Å². The molecule has 0 spiro atoms. The highest BCUT2D eigenvalue weighted by molar-refractivity contribution is 6.35. The van der Waals surface area contributed by atoms with Crippen LogP contribution < -0.4 is 5.32 Å². The van der Waals surface area contributed by atoms with Crippen LogP contribution in [0.1, 0.15) is 38.2 Å². The Bertz CT molecular complexity index is 384. The van der Waals surface area contributed by atoms with Gasteiger partial charge in [-0.25, -0.2) is 0 Å². The van der Waals surface area contributed by atoms with Crippen molar-refractivity contribution in [2.75, 3.05) is 13.1 Å². The number of benzene rings is 1. The van der Waals surface area contributed by atoms with E-state index >= 15 is 0 Å². The molecule has 1 saturated carbocycles. The van der Waals surface area contributed by atoms with Crippen molar-refractivity contribution in [3.63, 3.8) is 0 Å². The predicted molar refractivity (Wildman–Crippen MR) is 75.2 cm³/mol. The minimum atomic E-state index is 0.220. The fourth-order valence-corrected chi connectivity index (χ4v) is 3.49. The maximum atomic E-state index is 6.37. The molecule has 2 rings (SSSR count). The summed E-state index contributed by atoms with van der Waals surface area (Å²) < 4.78 is 0. The molecule has 1 fully saturated rings. The summed E-state index contributed by atoms with van der Waals surface area (Å²) in [4.78, 5) is 0. The van der Waals surface area contributed by atoms with Crippen molar-refractivity contribution in [3.8, 4) is 0 Å². The molecule has 94 valence electrons. The van der Waals surface area contributed by atoms with E-state index < -0.39 is 0 Å². The Hall–Kier alpha value is -0.240.